The van der Waals surface area contributed by atoms with Crippen molar-refractivity contribution >= 4 is 15.9 Å². The fourth-order valence-electron chi connectivity index (χ4n) is 0.741. The Morgan fingerprint density at radius 1 is 1.46 bits per heavy atom. The lowest BCUT2D eigenvalue weighted by Crippen LogP contribution is -2.08. The first-order valence-electron chi connectivity index (χ1n) is 3.22. The van der Waals surface area contributed by atoms with Gasteiger partial charge in [-0.1, -0.05) is 0 Å². The van der Waals surface area contributed by atoms with Crippen molar-refractivity contribution in [2.45, 2.75) is 6.18 Å². The molecule has 1 aromatic rings. The van der Waals surface area contributed by atoms with Gasteiger partial charge in [-0.05, 0) is 22.0 Å². The minimum Gasteiger partial charge on any atom is -0.495 e. The number of nitrogens with zero attached hydrogens (tertiary/aromatic N) is 1. The second-order valence-electron chi connectivity index (χ2n) is 2.20. The molecular formula is C7H5BrF3NO. The maximum absolute atomic E-state index is 12.2. The molecular weight excluding hydrogens is 251 g/mol. The standard InChI is InChI=1S/C7H5BrF3NO/c1-13-4-2-5(8)6(12-3-4)7(9,10)11/h2-3H,1H3. The molecule has 72 valence electrons. The first kappa shape index (κ1) is 10.3. The van der Waals surface area contributed by atoms with Crippen LogP contribution < -0.4 is 4.74 Å². The van der Waals surface area contributed by atoms with E-state index >= 15 is 0 Å². The van der Waals surface area contributed by atoms with Gasteiger partial charge in [0.25, 0.3) is 0 Å². The molecule has 0 unspecified atom stereocenters. The van der Waals surface area contributed by atoms with Crippen molar-refractivity contribution in [3.8, 4) is 5.75 Å². The maximum atomic E-state index is 12.2. The molecule has 13 heavy (non-hydrogen) atoms. The predicted molar refractivity (Wildman–Crippen MR) is 43.5 cm³/mol. The van der Waals surface area contributed by atoms with Crippen LogP contribution in [0.3, 0.4) is 0 Å². The molecule has 2 nitrogen and oxygen atoms in total. The molecule has 0 bridgehead atoms. The molecule has 0 saturated heterocycles. The summed E-state index contributed by atoms with van der Waals surface area (Å²) >= 11 is 2.76. The molecule has 0 aromatic carbocycles. The molecule has 0 fully saturated rings. The highest BCUT2D eigenvalue weighted by Gasteiger charge is 2.34. The predicted octanol–water partition coefficient (Wildman–Crippen LogP) is 2.87. The second-order valence-corrected chi connectivity index (χ2v) is 3.06. The Morgan fingerprint density at radius 2 is 2.08 bits per heavy atom. The van der Waals surface area contributed by atoms with E-state index in [9.17, 15) is 13.2 Å². The van der Waals surface area contributed by atoms with E-state index in [-0.39, 0.29) is 10.2 Å². The van der Waals surface area contributed by atoms with E-state index in [2.05, 4.69) is 20.9 Å². The summed E-state index contributed by atoms with van der Waals surface area (Å²) in [4.78, 5) is 3.22. The maximum Gasteiger partial charge on any atom is 0.434 e. The van der Waals surface area contributed by atoms with Gasteiger partial charge in [0.05, 0.1) is 17.8 Å². The molecule has 1 heterocycles. The average molecular weight is 256 g/mol. The number of aromatic nitrogens is 1. The third-order valence-corrected chi connectivity index (χ3v) is 1.92. The van der Waals surface area contributed by atoms with Gasteiger partial charge in [-0.2, -0.15) is 13.2 Å². The minimum atomic E-state index is -4.44. The summed E-state index contributed by atoms with van der Waals surface area (Å²) in [5, 5.41) is 0. The van der Waals surface area contributed by atoms with Gasteiger partial charge in [-0.15, -0.1) is 0 Å². The van der Waals surface area contributed by atoms with Crippen molar-refractivity contribution in [2.75, 3.05) is 7.11 Å². The molecule has 0 amide bonds. The number of rotatable bonds is 1. The summed E-state index contributed by atoms with van der Waals surface area (Å²) in [5.74, 6) is 0.278. The lowest BCUT2D eigenvalue weighted by molar-refractivity contribution is -0.141. The van der Waals surface area contributed by atoms with E-state index in [0.717, 1.165) is 6.20 Å². The van der Waals surface area contributed by atoms with E-state index in [4.69, 9.17) is 4.74 Å². The Bertz CT molecular complexity index is 313. The van der Waals surface area contributed by atoms with Gasteiger partial charge >= 0.3 is 6.18 Å². The monoisotopic (exact) mass is 255 g/mol. The number of halogens is 4. The van der Waals surface area contributed by atoms with Crippen LogP contribution in [-0.4, -0.2) is 12.1 Å². The highest BCUT2D eigenvalue weighted by molar-refractivity contribution is 9.10. The summed E-state index contributed by atoms with van der Waals surface area (Å²) in [5.41, 5.74) is -0.951. The molecule has 0 spiro atoms. The van der Waals surface area contributed by atoms with Crippen LogP contribution in [0.15, 0.2) is 16.7 Å². The summed E-state index contributed by atoms with van der Waals surface area (Å²) in [6.07, 6.45) is -3.42. The third-order valence-electron chi connectivity index (χ3n) is 1.32. The molecule has 1 rings (SSSR count). The van der Waals surface area contributed by atoms with Gasteiger partial charge in [0.2, 0.25) is 0 Å². The zero-order chi connectivity index (χ0) is 10.1. The lowest BCUT2D eigenvalue weighted by Gasteiger charge is -2.08. The van der Waals surface area contributed by atoms with Crippen LogP contribution in [0.25, 0.3) is 0 Å². The second kappa shape index (κ2) is 3.53. The Kier molecular flexibility index (Phi) is 2.80. The van der Waals surface area contributed by atoms with E-state index in [1.54, 1.807) is 0 Å². The normalized spacial score (nSPS) is 11.5. The number of pyridine rings is 1. The Hall–Kier alpha value is -0.780. The molecule has 0 aliphatic carbocycles. The van der Waals surface area contributed by atoms with E-state index < -0.39 is 11.9 Å². The molecule has 0 N–H and O–H groups in total. The smallest absolute Gasteiger partial charge is 0.434 e. The van der Waals surface area contributed by atoms with Gasteiger partial charge in [-0.3, -0.25) is 0 Å². The quantitative estimate of drug-likeness (QED) is 0.770. The van der Waals surface area contributed by atoms with Crippen molar-refractivity contribution in [3.05, 3.63) is 22.4 Å². The van der Waals surface area contributed by atoms with Crippen LogP contribution in [0, 0.1) is 0 Å². The third kappa shape index (κ3) is 2.33. The van der Waals surface area contributed by atoms with Crippen molar-refractivity contribution in [1.82, 2.24) is 4.98 Å². The number of ether oxygens (including phenoxy) is 1. The lowest BCUT2D eigenvalue weighted by atomic mass is 10.3. The van der Waals surface area contributed by atoms with E-state index in [0.29, 0.717) is 0 Å². The van der Waals surface area contributed by atoms with Crippen molar-refractivity contribution in [1.29, 1.82) is 0 Å². The van der Waals surface area contributed by atoms with E-state index in [1.165, 1.54) is 13.2 Å². The highest BCUT2D eigenvalue weighted by Crippen LogP contribution is 2.34. The first-order chi connectivity index (χ1) is 5.95. The van der Waals surface area contributed by atoms with Crippen molar-refractivity contribution in [3.63, 3.8) is 0 Å². The van der Waals surface area contributed by atoms with Crippen LogP contribution in [0.2, 0.25) is 0 Å². The van der Waals surface area contributed by atoms with Crippen LogP contribution in [0.1, 0.15) is 5.69 Å². The summed E-state index contributed by atoms with van der Waals surface area (Å²) in [7, 11) is 1.36. The number of alkyl halides is 3. The van der Waals surface area contributed by atoms with Crippen molar-refractivity contribution in [2.24, 2.45) is 0 Å². The molecule has 6 heteroatoms. The molecule has 0 aliphatic heterocycles. The van der Waals surface area contributed by atoms with Gasteiger partial charge in [0.1, 0.15) is 5.75 Å². The van der Waals surface area contributed by atoms with Crippen LogP contribution in [0.5, 0.6) is 5.75 Å². The zero-order valence-corrected chi connectivity index (χ0v) is 8.11. The molecule has 0 radical (unpaired) electrons. The van der Waals surface area contributed by atoms with E-state index in [1.807, 2.05) is 0 Å². The fourth-order valence-corrected chi connectivity index (χ4v) is 1.29. The molecule has 0 aliphatic rings. The zero-order valence-electron chi connectivity index (χ0n) is 6.52. The average Bonchev–Trinajstić information content (AvgIpc) is 2.01. The summed E-state index contributed by atoms with van der Waals surface area (Å²) in [6, 6.07) is 1.22. The molecule has 1 aromatic heterocycles. The Balaban J connectivity index is 3.13. The highest BCUT2D eigenvalue weighted by atomic mass is 79.9. The van der Waals surface area contributed by atoms with Gasteiger partial charge in [-0.25, -0.2) is 4.98 Å². The largest absolute Gasteiger partial charge is 0.495 e. The SMILES string of the molecule is COc1cnc(C(F)(F)F)c(Br)c1. The fraction of sp³-hybridized carbons (Fsp3) is 0.286. The van der Waals surface area contributed by atoms with Crippen LogP contribution in [0.4, 0.5) is 13.2 Å². The number of methoxy groups -OCH3 is 1. The van der Waals surface area contributed by atoms with Crippen LogP contribution >= 0.6 is 15.9 Å². The Labute approximate surface area is 80.9 Å². The molecule has 0 atom stereocenters. The van der Waals surface area contributed by atoms with Gasteiger partial charge in [0.15, 0.2) is 5.69 Å². The first-order valence-corrected chi connectivity index (χ1v) is 4.01. The van der Waals surface area contributed by atoms with Gasteiger partial charge < -0.3 is 4.74 Å². The van der Waals surface area contributed by atoms with Crippen molar-refractivity contribution < 1.29 is 17.9 Å². The van der Waals surface area contributed by atoms with Crippen LogP contribution in [-0.2, 0) is 6.18 Å². The molecule has 0 saturated carbocycles. The summed E-state index contributed by atoms with van der Waals surface area (Å²) < 4.78 is 41.0. The minimum absolute atomic E-state index is 0.126. The number of hydrogen-bond donors (Lipinski definition) is 0. The number of hydrogen-bond acceptors (Lipinski definition) is 2. The Morgan fingerprint density at radius 3 is 2.46 bits per heavy atom. The summed E-state index contributed by atoms with van der Waals surface area (Å²) in [6.45, 7) is 0. The topological polar surface area (TPSA) is 22.1 Å². The van der Waals surface area contributed by atoms with Gasteiger partial charge in [0, 0.05) is 0 Å².